The molecule has 3 aromatic rings. The van der Waals surface area contributed by atoms with Crippen molar-refractivity contribution in [2.45, 2.75) is 18.7 Å². The molecule has 35 heavy (non-hydrogen) atoms. The molecular weight excluding hydrogens is 490 g/mol. The Hall–Kier alpha value is -4.13. The van der Waals surface area contributed by atoms with Gasteiger partial charge in [-0.05, 0) is 66.6 Å². The Balaban J connectivity index is 1.73. The van der Waals surface area contributed by atoms with Crippen molar-refractivity contribution in [3.8, 4) is 11.8 Å². The Kier molecular flexibility index (Phi) is 7.91. The lowest BCUT2D eigenvalue weighted by atomic mass is 10.1. The first-order valence-electron chi connectivity index (χ1n) is 10.2. The number of hydrogen-bond donors (Lipinski definition) is 2. The van der Waals surface area contributed by atoms with Crippen LogP contribution >= 0.6 is 11.6 Å². The number of carbonyl (C=O) groups excluding carboxylic acids is 2. The molecule has 3 aromatic carbocycles. The van der Waals surface area contributed by atoms with Crippen molar-refractivity contribution in [3.63, 3.8) is 0 Å². The molecule has 2 amide bonds. The molecule has 0 bridgehead atoms. The Bertz CT molecular complexity index is 1420. The standard InChI is InChI=1S/C25H20ClN3O5S/c1-16-4-3-5-23(26)24(16)29-25(31)19(15-27)14-18-6-10-21(11-7-18)34-35(32,33)22-12-8-20(9-13-22)28-17(2)30/h3-14H,1-2H3,(H,28,30)(H,29,31)/b19-14+. The van der Waals surface area contributed by atoms with Crippen LogP contribution in [0.15, 0.2) is 77.2 Å². The maximum absolute atomic E-state index is 12.6. The van der Waals surface area contributed by atoms with Crippen molar-refractivity contribution < 1.29 is 22.2 Å². The second-order valence-electron chi connectivity index (χ2n) is 7.37. The molecule has 0 saturated heterocycles. The van der Waals surface area contributed by atoms with Gasteiger partial charge in [0.05, 0.1) is 10.7 Å². The monoisotopic (exact) mass is 509 g/mol. The minimum atomic E-state index is -4.11. The number of nitrogens with zero attached hydrogens (tertiary/aromatic N) is 1. The van der Waals surface area contributed by atoms with Gasteiger partial charge in [-0.15, -0.1) is 0 Å². The largest absolute Gasteiger partial charge is 0.379 e. The summed E-state index contributed by atoms with van der Waals surface area (Å²) in [5, 5.41) is 15.0. The highest BCUT2D eigenvalue weighted by molar-refractivity contribution is 7.87. The van der Waals surface area contributed by atoms with E-state index in [2.05, 4.69) is 10.6 Å². The molecule has 0 aliphatic heterocycles. The van der Waals surface area contributed by atoms with E-state index in [-0.39, 0.29) is 22.1 Å². The Morgan fingerprint density at radius 3 is 2.23 bits per heavy atom. The second kappa shape index (κ2) is 10.9. The first-order chi connectivity index (χ1) is 16.6. The Labute approximate surface area is 207 Å². The molecule has 0 atom stereocenters. The summed E-state index contributed by atoms with van der Waals surface area (Å²) in [6.07, 6.45) is 1.36. The zero-order chi connectivity index (χ0) is 25.6. The van der Waals surface area contributed by atoms with Crippen LogP contribution in [0.25, 0.3) is 6.08 Å². The first-order valence-corrected chi connectivity index (χ1v) is 12.0. The molecule has 0 radical (unpaired) electrons. The Morgan fingerprint density at radius 2 is 1.66 bits per heavy atom. The highest BCUT2D eigenvalue weighted by atomic mass is 35.5. The third-order valence-corrected chi connectivity index (χ3v) is 6.26. The number of amides is 2. The number of halogens is 1. The van der Waals surface area contributed by atoms with Crippen molar-refractivity contribution >= 4 is 51.0 Å². The summed E-state index contributed by atoms with van der Waals surface area (Å²) >= 11 is 6.13. The molecule has 2 N–H and O–H groups in total. The van der Waals surface area contributed by atoms with E-state index >= 15 is 0 Å². The smallest absolute Gasteiger partial charge is 0.339 e. The third kappa shape index (κ3) is 6.69. The molecule has 10 heteroatoms. The number of hydrogen-bond acceptors (Lipinski definition) is 6. The SMILES string of the molecule is CC(=O)Nc1ccc(S(=O)(=O)Oc2ccc(/C=C(\C#N)C(=O)Nc3c(C)cccc3Cl)cc2)cc1. The van der Waals surface area contributed by atoms with E-state index < -0.39 is 16.0 Å². The van der Waals surface area contributed by atoms with Gasteiger partial charge in [-0.2, -0.15) is 13.7 Å². The van der Waals surface area contributed by atoms with Crippen molar-refractivity contribution in [2.24, 2.45) is 0 Å². The van der Waals surface area contributed by atoms with E-state index in [1.165, 1.54) is 61.5 Å². The highest BCUT2D eigenvalue weighted by Crippen LogP contribution is 2.26. The van der Waals surface area contributed by atoms with Gasteiger partial charge < -0.3 is 14.8 Å². The van der Waals surface area contributed by atoms with E-state index in [1.807, 2.05) is 6.07 Å². The van der Waals surface area contributed by atoms with Gasteiger partial charge in [-0.3, -0.25) is 9.59 Å². The fraction of sp³-hybridized carbons (Fsp3) is 0.0800. The number of para-hydroxylation sites is 1. The van der Waals surface area contributed by atoms with Crippen LogP contribution in [0.4, 0.5) is 11.4 Å². The van der Waals surface area contributed by atoms with Gasteiger partial charge in [-0.25, -0.2) is 0 Å². The number of nitrogens with one attached hydrogen (secondary N) is 2. The van der Waals surface area contributed by atoms with Gasteiger partial charge in [0, 0.05) is 12.6 Å². The predicted molar refractivity (Wildman–Crippen MR) is 133 cm³/mol. The lowest BCUT2D eigenvalue weighted by molar-refractivity contribution is -0.114. The molecule has 0 fully saturated rings. The van der Waals surface area contributed by atoms with Gasteiger partial charge >= 0.3 is 10.1 Å². The summed E-state index contributed by atoms with van der Waals surface area (Å²) < 4.78 is 30.2. The van der Waals surface area contributed by atoms with E-state index in [4.69, 9.17) is 15.8 Å². The quantitative estimate of drug-likeness (QED) is 0.264. The minimum Gasteiger partial charge on any atom is -0.379 e. The van der Waals surface area contributed by atoms with Crippen molar-refractivity contribution in [1.29, 1.82) is 5.26 Å². The van der Waals surface area contributed by atoms with Gasteiger partial charge in [0.25, 0.3) is 5.91 Å². The molecule has 3 rings (SSSR count). The number of anilines is 2. The van der Waals surface area contributed by atoms with Crippen LogP contribution in [0, 0.1) is 18.3 Å². The number of benzene rings is 3. The fourth-order valence-electron chi connectivity index (χ4n) is 2.99. The van der Waals surface area contributed by atoms with E-state index in [9.17, 15) is 23.3 Å². The molecule has 0 aromatic heterocycles. The molecule has 0 aliphatic carbocycles. The van der Waals surface area contributed by atoms with Crippen LogP contribution in [0.3, 0.4) is 0 Å². The van der Waals surface area contributed by atoms with Gasteiger partial charge in [0.2, 0.25) is 5.91 Å². The molecule has 0 spiro atoms. The summed E-state index contributed by atoms with van der Waals surface area (Å²) in [5.74, 6) is -0.862. The average molecular weight is 510 g/mol. The first kappa shape index (κ1) is 25.5. The van der Waals surface area contributed by atoms with Gasteiger partial charge in [-0.1, -0.05) is 35.9 Å². The molecule has 0 heterocycles. The van der Waals surface area contributed by atoms with Crippen LogP contribution < -0.4 is 14.8 Å². The molecule has 0 saturated carbocycles. The number of nitriles is 1. The zero-order valence-corrected chi connectivity index (χ0v) is 20.3. The summed E-state index contributed by atoms with van der Waals surface area (Å²) in [6.45, 7) is 3.12. The number of carbonyl (C=O) groups is 2. The topological polar surface area (TPSA) is 125 Å². The molecular formula is C25H20ClN3O5S. The van der Waals surface area contributed by atoms with E-state index in [0.29, 0.717) is 22.0 Å². The predicted octanol–water partition coefficient (Wildman–Crippen LogP) is 4.92. The molecule has 178 valence electrons. The van der Waals surface area contributed by atoms with Crippen LogP contribution in [0.5, 0.6) is 5.75 Å². The van der Waals surface area contributed by atoms with Gasteiger partial charge in [0.15, 0.2) is 0 Å². The lowest BCUT2D eigenvalue weighted by Crippen LogP contribution is -2.14. The molecule has 0 unspecified atom stereocenters. The second-order valence-corrected chi connectivity index (χ2v) is 9.32. The summed E-state index contributed by atoms with van der Waals surface area (Å²) in [7, 11) is -4.11. The lowest BCUT2D eigenvalue weighted by Gasteiger charge is -2.10. The minimum absolute atomic E-state index is 0.0442. The van der Waals surface area contributed by atoms with Crippen molar-refractivity contribution in [1.82, 2.24) is 0 Å². The van der Waals surface area contributed by atoms with Gasteiger partial charge in [0.1, 0.15) is 22.3 Å². The molecule has 8 nitrogen and oxygen atoms in total. The van der Waals surface area contributed by atoms with E-state index in [0.717, 1.165) is 5.56 Å². The maximum atomic E-state index is 12.6. The normalized spacial score (nSPS) is 11.3. The van der Waals surface area contributed by atoms with Crippen LogP contribution in [-0.2, 0) is 19.7 Å². The average Bonchev–Trinajstić information content (AvgIpc) is 2.80. The summed E-state index contributed by atoms with van der Waals surface area (Å²) in [4.78, 5) is 23.6. The molecule has 0 aliphatic rings. The van der Waals surface area contributed by atoms with Crippen molar-refractivity contribution in [2.75, 3.05) is 10.6 Å². The van der Waals surface area contributed by atoms with Crippen LogP contribution in [0.1, 0.15) is 18.1 Å². The third-order valence-electron chi connectivity index (χ3n) is 4.69. The number of aryl methyl sites for hydroxylation is 1. The summed E-state index contributed by atoms with van der Waals surface area (Å²) in [6, 6.07) is 18.4. The summed E-state index contributed by atoms with van der Waals surface area (Å²) in [5.41, 5.74) is 1.94. The zero-order valence-electron chi connectivity index (χ0n) is 18.7. The number of rotatable bonds is 7. The highest BCUT2D eigenvalue weighted by Gasteiger charge is 2.17. The van der Waals surface area contributed by atoms with Crippen LogP contribution in [0.2, 0.25) is 5.02 Å². The van der Waals surface area contributed by atoms with Crippen LogP contribution in [-0.4, -0.2) is 20.2 Å². The Morgan fingerprint density at radius 1 is 1.00 bits per heavy atom. The fourth-order valence-corrected chi connectivity index (χ4v) is 4.19. The van der Waals surface area contributed by atoms with E-state index in [1.54, 1.807) is 25.1 Å². The van der Waals surface area contributed by atoms with Crippen molar-refractivity contribution in [3.05, 3.63) is 88.5 Å². The maximum Gasteiger partial charge on any atom is 0.339 e.